The molecule has 2 aromatic rings. The van der Waals surface area contributed by atoms with E-state index < -0.39 is 5.97 Å². The lowest BCUT2D eigenvalue weighted by atomic mass is 10.1. The van der Waals surface area contributed by atoms with Crippen LogP contribution in [0.3, 0.4) is 0 Å². The zero-order chi connectivity index (χ0) is 19.6. The monoisotopic (exact) mass is 387 g/mol. The van der Waals surface area contributed by atoms with Crippen molar-refractivity contribution in [3.63, 3.8) is 0 Å². The number of Topliss-reactive ketones (excluding diaryl/α,β-unsaturated/α-hetero) is 1. The summed E-state index contributed by atoms with van der Waals surface area (Å²) in [5, 5.41) is 11.4. The van der Waals surface area contributed by atoms with E-state index in [4.69, 9.17) is 9.84 Å². The number of ether oxygens (including phenoxy) is 1. The fraction of sp³-hybridized carbons (Fsp3) is 0.250. The molecule has 2 N–H and O–H groups in total. The van der Waals surface area contributed by atoms with Gasteiger partial charge < -0.3 is 15.2 Å². The Labute approximate surface area is 161 Å². The number of carbonyl (C=O) groups excluding carboxylic acids is 2. The van der Waals surface area contributed by atoms with Gasteiger partial charge in [-0.25, -0.2) is 0 Å². The van der Waals surface area contributed by atoms with E-state index in [1.54, 1.807) is 30.3 Å². The highest BCUT2D eigenvalue weighted by Crippen LogP contribution is 2.18. The second-order valence-electron chi connectivity index (χ2n) is 5.82. The highest BCUT2D eigenvalue weighted by atomic mass is 32.2. The average molecular weight is 387 g/mol. The van der Waals surface area contributed by atoms with E-state index in [1.807, 2.05) is 18.2 Å². The van der Waals surface area contributed by atoms with E-state index in [9.17, 15) is 14.4 Å². The van der Waals surface area contributed by atoms with E-state index in [0.717, 1.165) is 5.56 Å². The minimum atomic E-state index is -0.808. The Morgan fingerprint density at radius 2 is 1.89 bits per heavy atom. The number of aliphatic carboxylic acids is 1. The van der Waals surface area contributed by atoms with Crippen LogP contribution in [-0.4, -0.2) is 35.1 Å². The summed E-state index contributed by atoms with van der Waals surface area (Å²) in [4.78, 5) is 34.0. The number of benzene rings is 2. The first kappa shape index (κ1) is 20.5. The van der Waals surface area contributed by atoms with Gasteiger partial charge in [-0.3, -0.25) is 14.4 Å². The second-order valence-corrected chi connectivity index (χ2v) is 6.92. The van der Waals surface area contributed by atoms with Gasteiger partial charge in [0.05, 0.1) is 6.42 Å². The van der Waals surface area contributed by atoms with Gasteiger partial charge in [-0.2, -0.15) is 11.8 Å². The van der Waals surface area contributed by atoms with Crippen molar-refractivity contribution >= 4 is 35.1 Å². The second kappa shape index (κ2) is 10.4. The zero-order valence-corrected chi connectivity index (χ0v) is 15.8. The number of ketones is 1. The van der Waals surface area contributed by atoms with Crippen molar-refractivity contribution in [2.24, 2.45) is 0 Å². The topological polar surface area (TPSA) is 92.7 Å². The molecular weight excluding hydrogens is 366 g/mol. The third kappa shape index (κ3) is 7.53. The summed E-state index contributed by atoms with van der Waals surface area (Å²) < 4.78 is 5.44. The summed E-state index contributed by atoms with van der Waals surface area (Å²) in [6.07, 6.45) is 0.128. The van der Waals surface area contributed by atoms with Crippen molar-refractivity contribution < 1.29 is 24.2 Å². The molecule has 0 bridgehead atoms. The maximum atomic E-state index is 12.1. The van der Waals surface area contributed by atoms with Crippen LogP contribution in [0.5, 0.6) is 5.75 Å². The number of thioether (sulfide) groups is 1. The van der Waals surface area contributed by atoms with Gasteiger partial charge in [0.25, 0.3) is 5.91 Å². The first-order valence-electron chi connectivity index (χ1n) is 8.36. The summed E-state index contributed by atoms with van der Waals surface area (Å²) in [5.41, 5.74) is 2.18. The molecule has 2 aromatic carbocycles. The number of hydrogen-bond donors (Lipinski definition) is 2. The molecule has 0 radical (unpaired) electrons. The molecule has 27 heavy (non-hydrogen) atoms. The third-order valence-corrected chi connectivity index (χ3v) is 4.58. The van der Waals surface area contributed by atoms with Crippen molar-refractivity contribution in [1.29, 1.82) is 0 Å². The smallest absolute Gasteiger partial charge is 0.304 e. The number of rotatable bonds is 10. The quantitative estimate of drug-likeness (QED) is 0.478. The molecule has 0 atom stereocenters. The van der Waals surface area contributed by atoms with Crippen LogP contribution in [-0.2, 0) is 15.3 Å². The molecule has 0 aromatic heterocycles. The summed E-state index contributed by atoms with van der Waals surface area (Å²) in [6, 6.07) is 14.1. The van der Waals surface area contributed by atoms with Crippen LogP contribution in [0.15, 0.2) is 48.5 Å². The normalized spacial score (nSPS) is 10.3. The third-order valence-electron chi connectivity index (χ3n) is 3.55. The number of amides is 1. The zero-order valence-electron chi connectivity index (χ0n) is 14.9. The van der Waals surface area contributed by atoms with E-state index >= 15 is 0 Å². The minimum absolute atomic E-state index is 0.0667. The molecule has 142 valence electrons. The van der Waals surface area contributed by atoms with E-state index in [1.165, 1.54) is 18.7 Å². The lowest BCUT2D eigenvalue weighted by Crippen LogP contribution is -2.20. The minimum Gasteiger partial charge on any atom is -0.484 e. The van der Waals surface area contributed by atoms with Crippen LogP contribution in [0.25, 0.3) is 0 Å². The first-order chi connectivity index (χ1) is 12.9. The number of carboxylic acids is 1. The lowest BCUT2D eigenvalue weighted by molar-refractivity contribution is -0.136. The number of anilines is 1. The maximum absolute atomic E-state index is 12.1. The molecule has 7 heteroatoms. The Hall–Kier alpha value is -2.80. The standard InChI is InChI=1S/C20H21NO5S/c1-14(22)16-5-3-7-18(11-16)26-12-19(23)21-17-6-2-4-15(10-17)13-27-9-8-20(24)25/h2-7,10-11H,8-9,12-13H2,1H3,(H,21,23)(H,24,25). The Balaban J connectivity index is 1.83. The van der Waals surface area contributed by atoms with Gasteiger partial charge in [0.1, 0.15) is 5.75 Å². The number of carbonyl (C=O) groups is 3. The van der Waals surface area contributed by atoms with Crippen molar-refractivity contribution in [3.8, 4) is 5.75 Å². The number of carboxylic acid groups (broad SMARTS) is 1. The van der Waals surface area contributed by atoms with Crippen LogP contribution in [0, 0.1) is 0 Å². The molecule has 2 rings (SSSR count). The lowest BCUT2D eigenvalue weighted by Gasteiger charge is -2.09. The van der Waals surface area contributed by atoms with Crippen LogP contribution < -0.4 is 10.1 Å². The summed E-state index contributed by atoms with van der Waals surface area (Å²) >= 11 is 1.53. The molecule has 0 saturated heterocycles. The Kier molecular flexibility index (Phi) is 7.88. The highest BCUT2D eigenvalue weighted by molar-refractivity contribution is 7.98. The molecule has 1 amide bonds. The van der Waals surface area contributed by atoms with Crippen molar-refractivity contribution in [3.05, 3.63) is 59.7 Å². The Bertz CT molecular complexity index is 822. The summed E-state index contributed by atoms with van der Waals surface area (Å²) in [7, 11) is 0. The molecule has 0 heterocycles. The fourth-order valence-corrected chi connectivity index (χ4v) is 3.12. The van der Waals surface area contributed by atoms with Gasteiger partial charge in [0, 0.05) is 22.8 Å². The average Bonchev–Trinajstić information content (AvgIpc) is 2.64. The van der Waals surface area contributed by atoms with Crippen molar-refractivity contribution in [1.82, 2.24) is 0 Å². The molecule has 0 unspecified atom stereocenters. The van der Waals surface area contributed by atoms with Crippen molar-refractivity contribution in [2.75, 3.05) is 17.7 Å². The SMILES string of the molecule is CC(=O)c1cccc(OCC(=O)Nc2cccc(CSCCC(=O)O)c2)c1. The van der Waals surface area contributed by atoms with Gasteiger partial charge in [-0.15, -0.1) is 0 Å². The molecule has 0 saturated carbocycles. The van der Waals surface area contributed by atoms with Gasteiger partial charge in [-0.1, -0.05) is 24.3 Å². The van der Waals surface area contributed by atoms with E-state index in [0.29, 0.717) is 28.5 Å². The van der Waals surface area contributed by atoms with Crippen LogP contribution in [0.1, 0.15) is 29.3 Å². The largest absolute Gasteiger partial charge is 0.484 e. The van der Waals surface area contributed by atoms with Gasteiger partial charge >= 0.3 is 5.97 Å². The molecule has 0 spiro atoms. The molecule has 0 aliphatic heterocycles. The fourth-order valence-electron chi connectivity index (χ4n) is 2.24. The highest BCUT2D eigenvalue weighted by Gasteiger charge is 2.06. The predicted molar refractivity (Wildman–Crippen MR) is 105 cm³/mol. The van der Waals surface area contributed by atoms with Crippen LogP contribution in [0.2, 0.25) is 0 Å². The number of nitrogens with one attached hydrogen (secondary N) is 1. The van der Waals surface area contributed by atoms with Crippen molar-refractivity contribution in [2.45, 2.75) is 19.1 Å². The Morgan fingerprint density at radius 1 is 1.11 bits per heavy atom. The summed E-state index contributed by atoms with van der Waals surface area (Å²) in [6.45, 7) is 1.30. The van der Waals surface area contributed by atoms with Crippen LogP contribution >= 0.6 is 11.8 Å². The molecule has 0 aliphatic rings. The van der Waals surface area contributed by atoms with Gasteiger partial charge in [0.2, 0.25) is 0 Å². The van der Waals surface area contributed by atoms with Crippen LogP contribution in [0.4, 0.5) is 5.69 Å². The molecule has 0 aliphatic carbocycles. The van der Waals surface area contributed by atoms with E-state index in [2.05, 4.69) is 5.32 Å². The maximum Gasteiger partial charge on any atom is 0.304 e. The molecule has 6 nitrogen and oxygen atoms in total. The molecule has 0 fully saturated rings. The van der Waals surface area contributed by atoms with E-state index in [-0.39, 0.29) is 24.7 Å². The summed E-state index contributed by atoms with van der Waals surface area (Å²) in [5.74, 6) is 0.491. The van der Waals surface area contributed by atoms with Gasteiger partial charge in [0.15, 0.2) is 12.4 Å². The number of hydrogen-bond acceptors (Lipinski definition) is 5. The Morgan fingerprint density at radius 3 is 2.63 bits per heavy atom. The molecular formula is C20H21NO5S. The predicted octanol–water partition coefficient (Wildman–Crippen LogP) is 3.61. The van der Waals surface area contributed by atoms with Gasteiger partial charge in [-0.05, 0) is 36.8 Å². The first-order valence-corrected chi connectivity index (χ1v) is 9.51.